The van der Waals surface area contributed by atoms with Gasteiger partial charge >= 0.3 is 21.1 Å². The van der Waals surface area contributed by atoms with Gasteiger partial charge in [0.05, 0.1) is 0 Å². The van der Waals surface area contributed by atoms with E-state index in [1.165, 1.54) is 7.11 Å². The Morgan fingerprint density at radius 3 is 2.69 bits per heavy atom. The molecule has 0 radical (unpaired) electrons. The number of nitrogens with zero attached hydrogens (tertiary/aromatic N) is 2. The Balaban J connectivity index is 0.00000225. The number of hydrogen-bond acceptors (Lipinski definition) is 3. The van der Waals surface area contributed by atoms with E-state index in [0.29, 0.717) is 12.3 Å². The smallest absolute Gasteiger partial charge is 0.426 e. The summed E-state index contributed by atoms with van der Waals surface area (Å²) < 4.78 is 0. The van der Waals surface area contributed by atoms with E-state index in [9.17, 15) is 0 Å². The van der Waals surface area contributed by atoms with Crippen LogP contribution in [0.4, 0.5) is 0 Å². The van der Waals surface area contributed by atoms with Gasteiger partial charge in [-0.3, -0.25) is 0 Å². The van der Waals surface area contributed by atoms with E-state index in [-0.39, 0.29) is 21.1 Å². The first kappa shape index (κ1) is 15.0. The van der Waals surface area contributed by atoms with Crippen LogP contribution in [0.2, 0.25) is 0 Å². The molecule has 0 aromatic heterocycles. The van der Waals surface area contributed by atoms with Crippen molar-refractivity contribution >= 4 is 11.9 Å². The molecule has 0 saturated heterocycles. The van der Waals surface area contributed by atoms with Crippen LogP contribution >= 0.6 is 0 Å². The fraction of sp³-hybridized carbons (Fsp3) is 0.250. The van der Waals surface area contributed by atoms with Crippen LogP contribution in [0.15, 0.2) is 34.4 Å². The van der Waals surface area contributed by atoms with Gasteiger partial charge in [0.25, 0.3) is 0 Å². The summed E-state index contributed by atoms with van der Waals surface area (Å²) in [6.45, 7) is 6.05. The van der Waals surface area contributed by atoms with Crippen LogP contribution in [-0.4, -0.2) is 25.6 Å². The van der Waals surface area contributed by atoms with Crippen molar-refractivity contribution in [3.63, 3.8) is 0 Å². The van der Waals surface area contributed by atoms with Gasteiger partial charge in [-0.2, -0.15) is 0 Å². The number of aryl methyl sites for hydroxylation is 1. The number of oxime groups is 1. The minimum absolute atomic E-state index is 0. The first-order chi connectivity index (χ1) is 7.29. The Bertz CT molecular complexity index is 375. The van der Waals surface area contributed by atoms with Crippen LogP contribution in [0, 0.1) is 13.8 Å². The molecule has 0 aliphatic heterocycles. The summed E-state index contributed by atoms with van der Waals surface area (Å²) in [6.07, 6.45) is 2.81. The second kappa shape index (κ2) is 8.23. The van der Waals surface area contributed by atoms with E-state index in [1.807, 2.05) is 31.2 Å². The van der Waals surface area contributed by atoms with E-state index < -0.39 is 0 Å². The maximum atomic E-state index is 4.76. The van der Waals surface area contributed by atoms with Crippen molar-refractivity contribution in [2.75, 3.05) is 13.7 Å². The molecule has 0 amide bonds. The molecule has 16 heavy (non-hydrogen) atoms. The van der Waals surface area contributed by atoms with Crippen LogP contribution in [0.5, 0.6) is 0 Å². The van der Waals surface area contributed by atoms with Crippen molar-refractivity contribution in [1.82, 2.24) is 0 Å². The van der Waals surface area contributed by atoms with Gasteiger partial charge in [0.2, 0.25) is 0 Å². The Labute approximate surface area is 111 Å². The molecule has 0 atom stereocenters. The van der Waals surface area contributed by atoms with Gasteiger partial charge in [-0.1, -0.05) is 25.1 Å². The topological polar surface area (TPSA) is 34.0 Å². The molecule has 0 heterocycles. The minimum Gasteiger partial charge on any atom is -0.426 e. The van der Waals surface area contributed by atoms with Gasteiger partial charge in [0.1, 0.15) is 7.11 Å². The quantitative estimate of drug-likeness (QED) is 0.444. The molecular weight excluding hydrogens is 372 g/mol. The maximum Gasteiger partial charge on any atom is 2.00 e. The number of aliphatic imine (C=N–C) groups is 1. The molecule has 1 aromatic rings. The molecule has 0 fully saturated rings. The van der Waals surface area contributed by atoms with E-state index in [1.54, 1.807) is 0 Å². The molecule has 1 rings (SSSR count). The van der Waals surface area contributed by atoms with Crippen molar-refractivity contribution in [2.24, 2.45) is 10.1 Å². The molecule has 3 nitrogen and oxygen atoms in total. The average Bonchev–Trinajstić information content (AvgIpc) is 2.25. The maximum absolute atomic E-state index is 4.76. The second-order valence-corrected chi connectivity index (χ2v) is 2.93. The zero-order valence-corrected chi connectivity index (χ0v) is 12.4. The second-order valence-electron chi connectivity index (χ2n) is 2.93. The molecule has 0 bridgehead atoms. The third-order valence-corrected chi connectivity index (χ3v) is 1.88. The van der Waals surface area contributed by atoms with Crippen LogP contribution in [0.25, 0.3) is 0 Å². The standard InChI is InChI=1S/C12H14N2O.W/c1-4-13-9-12(14-15-3)11-8-6-5-7-10(11)2;/h5-8H,1,4H2,2-3H3;/q-2;+2/b14-12+;. The Hall–Kier alpha value is -0.952. The molecule has 0 N–H and O–H groups in total. The molecule has 0 aliphatic rings. The summed E-state index contributed by atoms with van der Waals surface area (Å²) in [7, 11) is 1.50. The van der Waals surface area contributed by atoms with Crippen molar-refractivity contribution in [1.29, 1.82) is 0 Å². The van der Waals surface area contributed by atoms with E-state index in [4.69, 9.17) is 4.84 Å². The molecule has 0 aliphatic carbocycles. The number of benzene rings is 1. The Morgan fingerprint density at radius 1 is 1.44 bits per heavy atom. The van der Waals surface area contributed by atoms with E-state index in [2.05, 4.69) is 23.3 Å². The van der Waals surface area contributed by atoms with Gasteiger partial charge in [-0.25, -0.2) is 0 Å². The van der Waals surface area contributed by atoms with Gasteiger partial charge in [0, 0.05) is 0 Å². The summed E-state index contributed by atoms with van der Waals surface area (Å²) in [6, 6.07) is 7.88. The molecular formula is C12H14N2OW. The fourth-order valence-electron chi connectivity index (χ4n) is 1.19. The SMILES string of the molecule is [CH2-]CN=[C-]/C(=N\OC)c1ccccc1C.[W+2]. The Morgan fingerprint density at radius 2 is 2.12 bits per heavy atom. The molecule has 1 aromatic carbocycles. The third-order valence-electron chi connectivity index (χ3n) is 1.88. The molecule has 0 saturated carbocycles. The van der Waals surface area contributed by atoms with Crippen molar-refractivity contribution < 1.29 is 25.9 Å². The van der Waals surface area contributed by atoms with E-state index >= 15 is 0 Å². The Kier molecular flexibility index (Phi) is 7.74. The molecule has 84 valence electrons. The van der Waals surface area contributed by atoms with Gasteiger partial charge in [-0.15, -0.1) is 35.1 Å². The first-order valence-electron chi connectivity index (χ1n) is 4.68. The van der Waals surface area contributed by atoms with Gasteiger partial charge in [-0.05, 0) is 5.71 Å². The van der Waals surface area contributed by atoms with Crippen LogP contribution in [0.1, 0.15) is 11.1 Å². The largest absolute Gasteiger partial charge is 2.00 e. The predicted octanol–water partition coefficient (Wildman–Crippen LogP) is 2.12. The van der Waals surface area contributed by atoms with Crippen molar-refractivity contribution in [2.45, 2.75) is 6.92 Å². The van der Waals surface area contributed by atoms with Crippen LogP contribution < -0.4 is 0 Å². The third kappa shape index (κ3) is 4.28. The van der Waals surface area contributed by atoms with Crippen LogP contribution in [0.3, 0.4) is 0 Å². The molecule has 4 heteroatoms. The normalized spacial score (nSPS) is 11.3. The summed E-state index contributed by atoms with van der Waals surface area (Å²) in [4.78, 5) is 8.69. The number of rotatable bonds is 4. The zero-order chi connectivity index (χ0) is 11.1. The van der Waals surface area contributed by atoms with Crippen molar-refractivity contribution in [3.8, 4) is 0 Å². The minimum atomic E-state index is 0. The number of hydrogen-bond donors (Lipinski definition) is 0. The monoisotopic (exact) mass is 386 g/mol. The fourth-order valence-corrected chi connectivity index (χ4v) is 1.19. The van der Waals surface area contributed by atoms with Crippen LogP contribution in [-0.2, 0) is 25.9 Å². The van der Waals surface area contributed by atoms with Crippen molar-refractivity contribution in [3.05, 3.63) is 42.3 Å². The van der Waals surface area contributed by atoms with Gasteiger partial charge < -0.3 is 16.8 Å². The van der Waals surface area contributed by atoms with E-state index in [0.717, 1.165) is 11.1 Å². The van der Waals surface area contributed by atoms with Gasteiger partial charge in [0.15, 0.2) is 0 Å². The molecule has 0 spiro atoms. The summed E-state index contributed by atoms with van der Waals surface area (Å²) in [5, 5.41) is 3.88. The average molecular weight is 386 g/mol. The summed E-state index contributed by atoms with van der Waals surface area (Å²) in [5.74, 6) is 0. The molecule has 0 unspecified atom stereocenters. The zero-order valence-electron chi connectivity index (χ0n) is 9.43. The predicted molar refractivity (Wildman–Crippen MR) is 62.4 cm³/mol. The summed E-state index contributed by atoms with van der Waals surface area (Å²) >= 11 is 0. The first-order valence-corrected chi connectivity index (χ1v) is 4.68. The summed E-state index contributed by atoms with van der Waals surface area (Å²) in [5.41, 5.74) is 2.68.